The average molecular weight is 355 g/mol. The third-order valence-corrected chi connectivity index (χ3v) is 4.66. The van der Waals surface area contributed by atoms with Crippen molar-refractivity contribution in [1.29, 1.82) is 0 Å². The van der Waals surface area contributed by atoms with Gasteiger partial charge in [-0.1, -0.05) is 36.5 Å². The molecule has 0 unspecified atom stereocenters. The molecule has 2 rings (SSSR count). The first-order valence-corrected chi connectivity index (χ1v) is 7.93. The van der Waals surface area contributed by atoms with E-state index < -0.39 is 0 Å². The van der Waals surface area contributed by atoms with Gasteiger partial charge in [-0.2, -0.15) is 0 Å². The number of halogens is 1. The summed E-state index contributed by atoms with van der Waals surface area (Å²) >= 11 is 10.2. The summed E-state index contributed by atoms with van der Waals surface area (Å²) < 4.78 is 1.15. The van der Waals surface area contributed by atoms with Gasteiger partial charge >= 0.3 is 0 Å². The molecule has 0 fully saturated rings. The highest BCUT2D eigenvalue weighted by molar-refractivity contribution is 9.10. The minimum absolute atomic E-state index is 0.448. The molecule has 100 valence electrons. The molecule has 1 aromatic carbocycles. The van der Waals surface area contributed by atoms with E-state index >= 15 is 0 Å². The van der Waals surface area contributed by atoms with E-state index in [1.165, 1.54) is 10.4 Å². The Balaban J connectivity index is 1.94. The number of hydrogen-bond donors (Lipinski definition) is 1. The lowest BCUT2D eigenvalue weighted by molar-refractivity contribution is 0.322. The van der Waals surface area contributed by atoms with Gasteiger partial charge in [0.15, 0.2) is 0 Å². The molecule has 1 heterocycles. The van der Waals surface area contributed by atoms with Crippen LogP contribution in [0.1, 0.15) is 16.0 Å². The summed E-state index contributed by atoms with van der Waals surface area (Å²) in [5, 5.41) is 2.11. The van der Waals surface area contributed by atoms with Crippen LogP contribution < -0.4 is 5.73 Å². The molecule has 0 saturated heterocycles. The second kappa shape index (κ2) is 6.61. The summed E-state index contributed by atoms with van der Waals surface area (Å²) in [5.41, 5.74) is 7.77. The Morgan fingerprint density at radius 2 is 2.00 bits per heavy atom. The highest BCUT2D eigenvalue weighted by Gasteiger charge is 2.04. The molecule has 0 aliphatic rings. The van der Waals surface area contributed by atoms with Crippen molar-refractivity contribution >= 4 is 44.5 Å². The zero-order chi connectivity index (χ0) is 13.8. The molecule has 2 aromatic rings. The first-order chi connectivity index (χ1) is 9.04. The molecule has 0 amide bonds. The van der Waals surface area contributed by atoms with E-state index in [1.54, 1.807) is 11.3 Å². The molecule has 2 nitrogen and oxygen atoms in total. The molecule has 0 aliphatic heterocycles. The molecule has 0 spiro atoms. The highest BCUT2D eigenvalue weighted by Crippen LogP contribution is 2.21. The van der Waals surface area contributed by atoms with Crippen LogP contribution in [-0.4, -0.2) is 16.9 Å². The van der Waals surface area contributed by atoms with Gasteiger partial charge in [0.1, 0.15) is 4.99 Å². The van der Waals surface area contributed by atoms with Crippen molar-refractivity contribution in [2.45, 2.75) is 13.1 Å². The highest BCUT2D eigenvalue weighted by atomic mass is 79.9. The number of nitrogens with zero attached hydrogens (tertiary/aromatic N) is 1. The number of benzene rings is 1. The molecular weight excluding hydrogens is 340 g/mol. The SMILES string of the molecule is CN(Cc1ccc(C(N)=S)cc1)Cc1cc(Br)cs1. The van der Waals surface area contributed by atoms with Crippen molar-refractivity contribution in [1.82, 2.24) is 4.90 Å². The van der Waals surface area contributed by atoms with Gasteiger partial charge in [0.25, 0.3) is 0 Å². The molecule has 0 bridgehead atoms. The Morgan fingerprint density at radius 1 is 1.32 bits per heavy atom. The van der Waals surface area contributed by atoms with Crippen molar-refractivity contribution in [2.75, 3.05) is 7.05 Å². The molecule has 5 heteroatoms. The third-order valence-electron chi connectivity index (χ3n) is 2.74. The van der Waals surface area contributed by atoms with E-state index in [9.17, 15) is 0 Å². The van der Waals surface area contributed by atoms with Crippen LogP contribution in [0.5, 0.6) is 0 Å². The summed E-state index contributed by atoms with van der Waals surface area (Å²) in [4.78, 5) is 4.09. The van der Waals surface area contributed by atoms with Crippen molar-refractivity contribution < 1.29 is 0 Å². The molecule has 0 atom stereocenters. The lowest BCUT2D eigenvalue weighted by Crippen LogP contribution is -2.16. The second-order valence-electron chi connectivity index (χ2n) is 4.46. The summed E-state index contributed by atoms with van der Waals surface area (Å²) in [6.07, 6.45) is 0. The van der Waals surface area contributed by atoms with Crippen LogP contribution in [0.3, 0.4) is 0 Å². The number of thiophene rings is 1. The monoisotopic (exact) mass is 354 g/mol. The van der Waals surface area contributed by atoms with Gasteiger partial charge in [-0.05, 0) is 34.6 Å². The Bertz CT molecular complexity index is 563. The average Bonchev–Trinajstić information content (AvgIpc) is 2.75. The fourth-order valence-corrected chi connectivity index (χ4v) is 3.51. The van der Waals surface area contributed by atoms with Crippen LogP contribution in [0, 0.1) is 0 Å². The normalized spacial score (nSPS) is 10.9. The first kappa shape index (κ1) is 14.7. The van der Waals surface area contributed by atoms with E-state index in [2.05, 4.69) is 51.5 Å². The summed E-state index contributed by atoms with van der Waals surface area (Å²) in [5.74, 6) is 0. The zero-order valence-corrected chi connectivity index (χ0v) is 13.8. The minimum Gasteiger partial charge on any atom is -0.389 e. The predicted molar refractivity (Wildman–Crippen MR) is 89.5 cm³/mol. The second-order valence-corrected chi connectivity index (χ2v) is 6.82. The summed E-state index contributed by atoms with van der Waals surface area (Å²) in [7, 11) is 2.12. The van der Waals surface area contributed by atoms with Crippen LogP contribution in [0.15, 0.2) is 40.2 Å². The molecule has 0 aliphatic carbocycles. The van der Waals surface area contributed by atoms with Gasteiger partial charge in [-0.3, -0.25) is 4.90 Å². The molecule has 2 N–H and O–H groups in total. The Hall–Kier alpha value is -0.750. The van der Waals surface area contributed by atoms with Gasteiger partial charge in [0.05, 0.1) is 0 Å². The van der Waals surface area contributed by atoms with E-state index in [0.29, 0.717) is 4.99 Å². The third kappa shape index (κ3) is 4.38. The molecule has 0 radical (unpaired) electrons. The van der Waals surface area contributed by atoms with E-state index in [4.69, 9.17) is 18.0 Å². The maximum absolute atomic E-state index is 5.59. The zero-order valence-electron chi connectivity index (χ0n) is 10.6. The Kier molecular flexibility index (Phi) is 5.10. The van der Waals surface area contributed by atoms with Gasteiger partial charge in [-0.25, -0.2) is 0 Å². The maximum atomic E-state index is 5.59. The Morgan fingerprint density at radius 3 is 2.53 bits per heavy atom. The molecule has 19 heavy (non-hydrogen) atoms. The molecule has 0 saturated carbocycles. The standard InChI is InChI=1S/C14H15BrN2S2/c1-17(8-13-6-12(15)9-19-13)7-10-2-4-11(5-3-10)14(16)18/h2-6,9H,7-8H2,1H3,(H2,16,18). The van der Waals surface area contributed by atoms with Crippen molar-refractivity contribution in [3.63, 3.8) is 0 Å². The van der Waals surface area contributed by atoms with E-state index in [1.807, 2.05) is 12.1 Å². The molecular formula is C14H15BrN2S2. The predicted octanol–water partition coefficient (Wildman–Crippen LogP) is 3.78. The first-order valence-electron chi connectivity index (χ1n) is 5.85. The van der Waals surface area contributed by atoms with Gasteiger partial charge in [-0.15, -0.1) is 11.3 Å². The largest absolute Gasteiger partial charge is 0.389 e. The van der Waals surface area contributed by atoms with Crippen LogP contribution in [0.2, 0.25) is 0 Å². The number of rotatable bonds is 5. The minimum atomic E-state index is 0.448. The Labute approximate surface area is 131 Å². The van der Waals surface area contributed by atoms with Gasteiger partial charge < -0.3 is 5.73 Å². The smallest absolute Gasteiger partial charge is 0.103 e. The summed E-state index contributed by atoms with van der Waals surface area (Å²) in [6, 6.07) is 10.3. The topological polar surface area (TPSA) is 29.3 Å². The van der Waals surface area contributed by atoms with Crippen LogP contribution in [0.4, 0.5) is 0 Å². The van der Waals surface area contributed by atoms with E-state index in [-0.39, 0.29) is 0 Å². The lowest BCUT2D eigenvalue weighted by Gasteiger charge is -2.15. The summed E-state index contributed by atoms with van der Waals surface area (Å²) in [6.45, 7) is 1.86. The van der Waals surface area contributed by atoms with Crippen LogP contribution in [-0.2, 0) is 13.1 Å². The van der Waals surface area contributed by atoms with Crippen molar-refractivity contribution in [2.24, 2.45) is 5.73 Å². The maximum Gasteiger partial charge on any atom is 0.103 e. The van der Waals surface area contributed by atoms with Crippen LogP contribution in [0.25, 0.3) is 0 Å². The lowest BCUT2D eigenvalue weighted by atomic mass is 10.1. The van der Waals surface area contributed by atoms with Crippen LogP contribution >= 0.6 is 39.5 Å². The fourth-order valence-electron chi connectivity index (χ4n) is 1.84. The number of thiocarbonyl (C=S) groups is 1. The number of nitrogens with two attached hydrogens (primary N) is 1. The van der Waals surface area contributed by atoms with Gasteiger partial charge in [0.2, 0.25) is 0 Å². The van der Waals surface area contributed by atoms with Gasteiger partial charge in [0, 0.05) is 33.4 Å². The quantitative estimate of drug-likeness (QED) is 0.828. The fraction of sp³-hybridized carbons (Fsp3) is 0.214. The molecule has 1 aromatic heterocycles. The number of hydrogen-bond acceptors (Lipinski definition) is 3. The van der Waals surface area contributed by atoms with E-state index in [0.717, 1.165) is 23.1 Å². The van der Waals surface area contributed by atoms with Crippen molar-refractivity contribution in [3.05, 3.63) is 56.2 Å². The van der Waals surface area contributed by atoms with Crippen molar-refractivity contribution in [3.8, 4) is 0 Å².